The lowest BCUT2D eigenvalue weighted by Crippen LogP contribution is -2.20. The van der Waals surface area contributed by atoms with Crippen molar-refractivity contribution in [2.24, 2.45) is 11.3 Å². The predicted molar refractivity (Wildman–Crippen MR) is 70.4 cm³/mol. The van der Waals surface area contributed by atoms with E-state index in [2.05, 4.69) is 13.8 Å². The van der Waals surface area contributed by atoms with Crippen LogP contribution in [-0.4, -0.2) is 18.1 Å². The van der Waals surface area contributed by atoms with E-state index in [9.17, 15) is 9.90 Å². The molecule has 0 radical (unpaired) electrons. The number of likely N-dealkylation sites (N-methyl/N-ethyl adjacent to an activating group) is 1. The van der Waals surface area contributed by atoms with Crippen molar-refractivity contribution in [3.63, 3.8) is 0 Å². The Morgan fingerprint density at radius 1 is 1.44 bits per heavy atom. The highest BCUT2D eigenvalue weighted by molar-refractivity contribution is 6.00. The summed E-state index contributed by atoms with van der Waals surface area (Å²) in [6.07, 6.45) is 1.14. The summed E-state index contributed by atoms with van der Waals surface area (Å²) in [4.78, 5) is 13.3. The van der Waals surface area contributed by atoms with E-state index in [4.69, 9.17) is 0 Å². The van der Waals surface area contributed by atoms with Gasteiger partial charge < -0.3 is 10.0 Å². The van der Waals surface area contributed by atoms with E-state index in [0.29, 0.717) is 12.3 Å². The van der Waals surface area contributed by atoms with Gasteiger partial charge in [0, 0.05) is 12.7 Å². The summed E-state index contributed by atoms with van der Waals surface area (Å²) in [6, 6.07) is 5.90. The van der Waals surface area contributed by atoms with Crippen LogP contribution in [0, 0.1) is 11.3 Å². The smallest absolute Gasteiger partial charge is 0.231 e. The van der Waals surface area contributed by atoms with Gasteiger partial charge >= 0.3 is 0 Å². The molecule has 1 heterocycles. The molecule has 2 atom stereocenters. The van der Waals surface area contributed by atoms with Gasteiger partial charge in [0.15, 0.2) is 0 Å². The summed E-state index contributed by atoms with van der Waals surface area (Å²) in [5.41, 5.74) is 3.22. The topological polar surface area (TPSA) is 40.5 Å². The molecular weight excluding hydrogens is 226 g/mol. The number of rotatable bonds is 2. The number of nitrogens with zero attached hydrogens (tertiary/aromatic N) is 1. The lowest BCUT2D eigenvalue weighted by molar-refractivity contribution is -0.117. The Balaban J connectivity index is 1.88. The summed E-state index contributed by atoms with van der Waals surface area (Å²) in [5, 5.41) is 10.4. The molecule has 1 aromatic carbocycles. The van der Waals surface area contributed by atoms with Crippen LogP contribution in [0.2, 0.25) is 0 Å². The van der Waals surface area contributed by atoms with E-state index in [1.54, 1.807) is 11.9 Å². The van der Waals surface area contributed by atoms with Crippen LogP contribution in [0.4, 0.5) is 5.69 Å². The quantitative estimate of drug-likeness (QED) is 0.868. The van der Waals surface area contributed by atoms with Crippen LogP contribution in [0.3, 0.4) is 0 Å². The minimum atomic E-state index is -0.397. The van der Waals surface area contributed by atoms with Crippen molar-refractivity contribution in [3.8, 4) is 0 Å². The van der Waals surface area contributed by atoms with Crippen molar-refractivity contribution in [1.82, 2.24) is 0 Å². The van der Waals surface area contributed by atoms with Crippen LogP contribution in [0.1, 0.15) is 37.5 Å². The van der Waals surface area contributed by atoms with Gasteiger partial charge in [-0.15, -0.1) is 0 Å². The molecule has 96 valence electrons. The summed E-state index contributed by atoms with van der Waals surface area (Å²) < 4.78 is 0. The molecule has 1 amide bonds. The van der Waals surface area contributed by atoms with E-state index >= 15 is 0 Å². The number of fused-ring (bicyclic) bond motifs is 1. The first kappa shape index (κ1) is 11.7. The molecule has 1 saturated carbocycles. The number of hydrogen-bond acceptors (Lipinski definition) is 2. The predicted octanol–water partition coefficient (Wildman–Crippen LogP) is 2.29. The maximum absolute atomic E-state index is 11.6. The Bertz CT molecular complexity index is 521. The fourth-order valence-electron chi connectivity index (χ4n) is 2.95. The van der Waals surface area contributed by atoms with Gasteiger partial charge in [0.25, 0.3) is 0 Å². The van der Waals surface area contributed by atoms with Crippen molar-refractivity contribution in [2.75, 3.05) is 11.9 Å². The molecular formula is C15H19NO2. The van der Waals surface area contributed by atoms with E-state index in [-0.39, 0.29) is 11.3 Å². The van der Waals surface area contributed by atoms with Crippen molar-refractivity contribution < 1.29 is 9.90 Å². The number of carbonyl (C=O) groups excluding carboxylic acids is 1. The Labute approximate surface area is 107 Å². The van der Waals surface area contributed by atoms with Crippen molar-refractivity contribution in [1.29, 1.82) is 0 Å². The molecule has 1 aromatic rings. The Kier molecular flexibility index (Phi) is 2.33. The van der Waals surface area contributed by atoms with Gasteiger partial charge in [-0.2, -0.15) is 0 Å². The molecule has 3 rings (SSSR count). The number of anilines is 1. The highest BCUT2D eigenvalue weighted by atomic mass is 16.3. The van der Waals surface area contributed by atoms with E-state index < -0.39 is 6.10 Å². The minimum Gasteiger partial charge on any atom is -0.388 e. The van der Waals surface area contributed by atoms with E-state index in [1.165, 1.54) is 0 Å². The van der Waals surface area contributed by atoms with Crippen molar-refractivity contribution in [3.05, 3.63) is 29.3 Å². The molecule has 3 nitrogen and oxygen atoms in total. The Hall–Kier alpha value is -1.35. The monoisotopic (exact) mass is 245 g/mol. The zero-order valence-electron chi connectivity index (χ0n) is 11.1. The summed E-state index contributed by atoms with van der Waals surface area (Å²) >= 11 is 0. The number of aliphatic hydroxyl groups excluding tert-OH is 1. The molecule has 0 bridgehead atoms. The number of hydrogen-bond donors (Lipinski definition) is 1. The van der Waals surface area contributed by atoms with E-state index in [0.717, 1.165) is 23.2 Å². The molecule has 3 heteroatoms. The van der Waals surface area contributed by atoms with Gasteiger partial charge in [-0.1, -0.05) is 26.0 Å². The van der Waals surface area contributed by atoms with E-state index in [1.807, 2.05) is 18.2 Å². The highest BCUT2D eigenvalue weighted by Gasteiger charge is 2.50. The summed E-state index contributed by atoms with van der Waals surface area (Å²) in [5.74, 6) is 0.480. The molecule has 1 fully saturated rings. The van der Waals surface area contributed by atoms with Gasteiger partial charge in [0.1, 0.15) is 0 Å². The average molecular weight is 245 g/mol. The largest absolute Gasteiger partial charge is 0.388 e. The van der Waals surface area contributed by atoms with Gasteiger partial charge in [-0.3, -0.25) is 4.79 Å². The normalized spacial score (nSPS) is 26.1. The van der Waals surface area contributed by atoms with Crippen LogP contribution < -0.4 is 4.90 Å². The third-order valence-corrected chi connectivity index (χ3v) is 4.49. The first-order valence-electron chi connectivity index (χ1n) is 6.47. The van der Waals surface area contributed by atoms with Crippen LogP contribution in [0.25, 0.3) is 0 Å². The third-order valence-electron chi connectivity index (χ3n) is 4.49. The van der Waals surface area contributed by atoms with Crippen molar-refractivity contribution >= 4 is 11.6 Å². The molecule has 1 aliphatic heterocycles. The fourth-order valence-corrected chi connectivity index (χ4v) is 2.95. The van der Waals surface area contributed by atoms with Gasteiger partial charge in [-0.25, -0.2) is 0 Å². The zero-order valence-corrected chi connectivity index (χ0v) is 11.1. The molecule has 2 unspecified atom stereocenters. The van der Waals surface area contributed by atoms with Gasteiger partial charge in [0.05, 0.1) is 12.5 Å². The number of benzene rings is 1. The summed E-state index contributed by atoms with van der Waals surface area (Å²) in [7, 11) is 1.80. The average Bonchev–Trinajstić information content (AvgIpc) is 2.86. The first-order valence-corrected chi connectivity index (χ1v) is 6.47. The highest BCUT2D eigenvalue weighted by Crippen LogP contribution is 2.57. The number of amides is 1. The third kappa shape index (κ3) is 1.65. The van der Waals surface area contributed by atoms with Gasteiger partial charge in [0.2, 0.25) is 5.91 Å². The molecule has 18 heavy (non-hydrogen) atoms. The van der Waals surface area contributed by atoms with Crippen LogP contribution >= 0.6 is 0 Å². The van der Waals surface area contributed by atoms with Crippen molar-refractivity contribution in [2.45, 2.75) is 32.8 Å². The SMILES string of the molecule is CN1C(=O)Cc2cc(C(O)C3CC3(C)C)ccc21. The molecule has 1 aliphatic carbocycles. The molecule has 2 aliphatic rings. The molecule has 1 N–H and O–H groups in total. The lowest BCUT2D eigenvalue weighted by atomic mass is 9.97. The first-order chi connectivity index (χ1) is 8.40. The second-order valence-electron chi connectivity index (χ2n) is 6.26. The zero-order chi connectivity index (χ0) is 13.1. The molecule has 0 aromatic heterocycles. The van der Waals surface area contributed by atoms with Crippen LogP contribution in [0.15, 0.2) is 18.2 Å². The standard InChI is InChI=1S/C15H19NO2/c1-15(2)8-11(15)14(18)9-4-5-12-10(6-9)7-13(17)16(12)3/h4-6,11,14,18H,7-8H2,1-3H3. The second-order valence-corrected chi connectivity index (χ2v) is 6.26. The summed E-state index contributed by atoms with van der Waals surface area (Å²) in [6.45, 7) is 4.37. The maximum atomic E-state index is 11.6. The Morgan fingerprint density at radius 3 is 2.72 bits per heavy atom. The second kappa shape index (κ2) is 3.58. The lowest BCUT2D eigenvalue weighted by Gasteiger charge is -2.15. The fraction of sp³-hybridized carbons (Fsp3) is 0.533. The molecule has 0 spiro atoms. The number of aliphatic hydroxyl groups is 1. The number of carbonyl (C=O) groups is 1. The van der Waals surface area contributed by atoms with Gasteiger partial charge in [-0.05, 0) is 34.9 Å². The molecule has 0 saturated heterocycles. The maximum Gasteiger partial charge on any atom is 0.231 e. The van der Waals surface area contributed by atoms with Crippen LogP contribution in [0.5, 0.6) is 0 Å². The minimum absolute atomic E-state index is 0.128. The Morgan fingerprint density at radius 2 is 2.11 bits per heavy atom. The van der Waals surface area contributed by atoms with Crippen LogP contribution in [-0.2, 0) is 11.2 Å².